The van der Waals surface area contributed by atoms with Crippen molar-refractivity contribution in [3.63, 3.8) is 0 Å². The molecule has 0 aromatic carbocycles. The summed E-state index contributed by atoms with van der Waals surface area (Å²) in [6.07, 6.45) is 8.72. The smallest absolute Gasteiger partial charge is 0.250 e. The summed E-state index contributed by atoms with van der Waals surface area (Å²) in [7, 11) is 1.67. The minimum absolute atomic E-state index is 0.0161. The van der Waals surface area contributed by atoms with Gasteiger partial charge in [0.25, 0.3) is 5.91 Å². The first kappa shape index (κ1) is 27.8. The number of rotatable bonds is 8. The molecule has 0 radical (unpaired) electrons. The molecule has 0 spiro atoms. The molecule has 12 heteroatoms. The van der Waals surface area contributed by atoms with Gasteiger partial charge >= 0.3 is 0 Å². The molecule has 6 rings (SSSR count). The van der Waals surface area contributed by atoms with E-state index in [-0.39, 0.29) is 24.0 Å². The van der Waals surface area contributed by atoms with Gasteiger partial charge in [0.15, 0.2) is 0 Å². The van der Waals surface area contributed by atoms with Crippen molar-refractivity contribution in [1.29, 1.82) is 0 Å². The second-order valence-electron chi connectivity index (χ2n) is 11.9. The molecule has 1 fully saturated rings. The highest BCUT2D eigenvalue weighted by molar-refractivity contribution is 7.11. The van der Waals surface area contributed by atoms with Crippen LogP contribution in [0.5, 0.6) is 0 Å². The molecule has 41 heavy (non-hydrogen) atoms. The SMILES string of the molecule is COC[C@H](C)Nc1ncc2c(-c3cnn(C(C)(C)C(=O)N4Cc5nc(C)sc5C4)c3)cc(C3CCC(O)CC3)n2n1. The standard InChI is InChI=1S/C29H38N8O3S/c1-17(16-40-5)32-28-30-12-25-22(10-24(37(25)34-28)19-6-8-21(38)9-7-19)20-11-31-36(13-20)29(3,4)27(39)35-14-23-26(15-35)41-18(2)33-23/h10-13,17,19,21,38H,6-9,14-16H2,1-5H3,(H,32,34)/t17-,19?,21?/m0/s1. The van der Waals surface area contributed by atoms with Crippen LogP contribution in [0.15, 0.2) is 24.7 Å². The first-order valence-electron chi connectivity index (χ1n) is 14.3. The maximum absolute atomic E-state index is 13.7. The Morgan fingerprint density at radius 3 is 2.76 bits per heavy atom. The van der Waals surface area contributed by atoms with E-state index >= 15 is 0 Å². The van der Waals surface area contributed by atoms with E-state index in [0.29, 0.717) is 25.6 Å². The lowest BCUT2D eigenvalue weighted by Gasteiger charge is -2.29. The van der Waals surface area contributed by atoms with Crippen LogP contribution >= 0.6 is 11.3 Å². The molecule has 218 valence electrons. The number of amides is 1. The number of methoxy groups -OCH3 is 1. The highest BCUT2D eigenvalue weighted by atomic mass is 32.1. The van der Waals surface area contributed by atoms with Crippen molar-refractivity contribution in [3.8, 4) is 11.1 Å². The Balaban J connectivity index is 1.31. The number of thiazole rings is 1. The molecular weight excluding hydrogens is 540 g/mol. The number of anilines is 1. The van der Waals surface area contributed by atoms with E-state index < -0.39 is 5.54 Å². The van der Waals surface area contributed by atoms with Crippen LogP contribution in [0, 0.1) is 6.92 Å². The molecule has 2 N–H and O–H groups in total. The normalized spacial score (nSPS) is 20.0. The number of carbonyl (C=O) groups is 1. The molecular formula is C29H38N8O3S. The second kappa shape index (κ2) is 10.8. The van der Waals surface area contributed by atoms with Crippen molar-refractivity contribution in [2.45, 2.75) is 90.1 Å². The van der Waals surface area contributed by atoms with Gasteiger partial charge in [-0.25, -0.2) is 14.5 Å². The topological polar surface area (TPSA) is 123 Å². The van der Waals surface area contributed by atoms with Crippen molar-refractivity contribution in [2.24, 2.45) is 0 Å². The van der Waals surface area contributed by atoms with Gasteiger partial charge in [-0.05, 0) is 59.4 Å². The Morgan fingerprint density at radius 2 is 2.02 bits per heavy atom. The zero-order chi connectivity index (χ0) is 28.9. The van der Waals surface area contributed by atoms with Gasteiger partial charge in [-0.15, -0.1) is 16.4 Å². The summed E-state index contributed by atoms with van der Waals surface area (Å²) in [6, 6.07) is 2.23. The molecule has 1 amide bonds. The van der Waals surface area contributed by atoms with Crippen LogP contribution in [-0.4, -0.2) is 71.1 Å². The van der Waals surface area contributed by atoms with Crippen LogP contribution < -0.4 is 5.32 Å². The lowest BCUT2D eigenvalue weighted by molar-refractivity contribution is -0.140. The number of nitrogens with one attached hydrogen (secondary N) is 1. The second-order valence-corrected chi connectivity index (χ2v) is 13.2. The van der Waals surface area contributed by atoms with Gasteiger partial charge in [0.2, 0.25) is 5.95 Å². The fraction of sp³-hybridized carbons (Fsp3) is 0.552. The summed E-state index contributed by atoms with van der Waals surface area (Å²) in [4.78, 5) is 25.9. The Bertz CT molecular complexity index is 1540. The monoisotopic (exact) mass is 578 g/mol. The molecule has 0 unspecified atom stereocenters. The zero-order valence-electron chi connectivity index (χ0n) is 24.3. The Labute approximate surface area is 243 Å². The number of ether oxygens (including phenoxy) is 1. The first-order chi connectivity index (χ1) is 19.6. The minimum atomic E-state index is -0.871. The molecule has 1 saturated carbocycles. The van der Waals surface area contributed by atoms with Crippen LogP contribution in [0.3, 0.4) is 0 Å². The van der Waals surface area contributed by atoms with E-state index in [1.807, 2.05) is 55.7 Å². The van der Waals surface area contributed by atoms with Crippen molar-refractivity contribution < 1.29 is 14.6 Å². The molecule has 0 saturated heterocycles. The number of carbonyl (C=O) groups excluding carboxylic acids is 1. The van der Waals surface area contributed by atoms with Gasteiger partial charge < -0.3 is 20.1 Å². The molecule has 5 heterocycles. The zero-order valence-corrected chi connectivity index (χ0v) is 25.1. The number of hydrogen-bond acceptors (Lipinski definition) is 9. The molecule has 4 aromatic heterocycles. The van der Waals surface area contributed by atoms with Crippen LogP contribution in [0.4, 0.5) is 5.95 Å². The van der Waals surface area contributed by atoms with E-state index in [9.17, 15) is 9.90 Å². The van der Waals surface area contributed by atoms with Gasteiger partial charge in [-0.1, -0.05) is 0 Å². The van der Waals surface area contributed by atoms with E-state index in [1.165, 1.54) is 4.88 Å². The number of aliphatic hydroxyl groups is 1. The summed E-state index contributed by atoms with van der Waals surface area (Å²) in [5.41, 5.74) is 3.99. The number of aromatic nitrogens is 6. The van der Waals surface area contributed by atoms with Crippen molar-refractivity contribution in [2.75, 3.05) is 19.0 Å². The van der Waals surface area contributed by atoms with Gasteiger partial charge in [-0.2, -0.15) is 5.10 Å². The number of aliphatic hydroxyl groups excluding tert-OH is 1. The van der Waals surface area contributed by atoms with Gasteiger partial charge in [0, 0.05) is 47.0 Å². The number of hydrogen-bond donors (Lipinski definition) is 2. The minimum Gasteiger partial charge on any atom is -0.393 e. The fourth-order valence-corrected chi connectivity index (χ4v) is 7.01. The summed E-state index contributed by atoms with van der Waals surface area (Å²) in [5.74, 6) is 0.829. The first-order valence-corrected chi connectivity index (χ1v) is 15.1. The Morgan fingerprint density at radius 1 is 1.24 bits per heavy atom. The predicted molar refractivity (Wildman–Crippen MR) is 157 cm³/mol. The lowest BCUT2D eigenvalue weighted by Crippen LogP contribution is -2.45. The summed E-state index contributed by atoms with van der Waals surface area (Å²) in [5, 5.41) is 24.0. The van der Waals surface area contributed by atoms with E-state index in [2.05, 4.69) is 26.4 Å². The van der Waals surface area contributed by atoms with Crippen LogP contribution in [0.1, 0.15) is 73.6 Å². The van der Waals surface area contributed by atoms with Gasteiger partial charge in [0.1, 0.15) is 5.54 Å². The third-order valence-corrected chi connectivity index (χ3v) is 9.29. The molecule has 4 aromatic rings. The molecule has 1 atom stereocenters. The number of fused-ring (bicyclic) bond motifs is 2. The quantitative estimate of drug-likeness (QED) is 0.320. The average molecular weight is 579 g/mol. The summed E-state index contributed by atoms with van der Waals surface area (Å²) < 4.78 is 9.01. The molecule has 1 aliphatic carbocycles. The van der Waals surface area contributed by atoms with Crippen molar-refractivity contribution in [3.05, 3.63) is 45.9 Å². The van der Waals surface area contributed by atoms with E-state index in [1.54, 1.807) is 23.1 Å². The number of nitrogens with zero attached hydrogens (tertiary/aromatic N) is 7. The highest BCUT2D eigenvalue weighted by Crippen LogP contribution is 2.38. The molecule has 1 aliphatic heterocycles. The van der Waals surface area contributed by atoms with Crippen LogP contribution in [0.25, 0.3) is 16.6 Å². The predicted octanol–water partition coefficient (Wildman–Crippen LogP) is 4.10. The maximum Gasteiger partial charge on any atom is 0.250 e. The molecule has 0 bridgehead atoms. The van der Waals surface area contributed by atoms with E-state index in [4.69, 9.17) is 9.84 Å². The third-order valence-electron chi connectivity index (χ3n) is 8.29. The summed E-state index contributed by atoms with van der Waals surface area (Å²) >= 11 is 1.66. The van der Waals surface area contributed by atoms with Gasteiger partial charge in [0.05, 0.1) is 54.4 Å². The Kier molecular flexibility index (Phi) is 7.33. The fourth-order valence-electron chi connectivity index (χ4n) is 6.05. The van der Waals surface area contributed by atoms with Gasteiger partial charge in [-0.3, -0.25) is 9.48 Å². The van der Waals surface area contributed by atoms with Crippen molar-refractivity contribution in [1.82, 2.24) is 34.3 Å². The highest BCUT2D eigenvalue weighted by Gasteiger charge is 2.38. The largest absolute Gasteiger partial charge is 0.393 e. The van der Waals surface area contributed by atoms with E-state index in [0.717, 1.165) is 58.7 Å². The number of aryl methyl sites for hydroxylation is 1. The lowest BCUT2D eigenvalue weighted by atomic mass is 9.85. The maximum atomic E-state index is 13.7. The molecule has 2 aliphatic rings. The average Bonchev–Trinajstić information content (AvgIpc) is 3.71. The summed E-state index contributed by atoms with van der Waals surface area (Å²) in [6.45, 7) is 9.53. The van der Waals surface area contributed by atoms with Crippen LogP contribution in [-0.2, 0) is 28.2 Å². The van der Waals surface area contributed by atoms with Crippen LogP contribution in [0.2, 0.25) is 0 Å². The van der Waals surface area contributed by atoms with Crippen molar-refractivity contribution >= 4 is 28.7 Å². The molecule has 11 nitrogen and oxygen atoms in total. The third kappa shape index (κ3) is 5.24. The Hall–Kier alpha value is -3.35.